The molecule has 0 saturated carbocycles. The van der Waals surface area contributed by atoms with Gasteiger partial charge < -0.3 is 10.0 Å². The lowest BCUT2D eigenvalue weighted by Gasteiger charge is -2.33. The van der Waals surface area contributed by atoms with Crippen LogP contribution in [0.2, 0.25) is 0 Å². The number of carbonyl (C=O) groups is 1. The largest absolute Gasteiger partial charge is 0.478 e. The molecular formula is C16H23NO2. The molecule has 1 atom stereocenters. The molecule has 0 radical (unpaired) electrons. The molecule has 0 spiro atoms. The third kappa shape index (κ3) is 2.91. The van der Waals surface area contributed by atoms with E-state index in [1.807, 2.05) is 19.1 Å². The summed E-state index contributed by atoms with van der Waals surface area (Å²) in [7, 11) is 0. The van der Waals surface area contributed by atoms with Gasteiger partial charge in [-0.3, -0.25) is 0 Å². The Morgan fingerprint density at radius 2 is 2.16 bits per heavy atom. The molecule has 0 aromatic heterocycles. The van der Waals surface area contributed by atoms with Crippen LogP contribution in [-0.4, -0.2) is 23.7 Å². The first-order chi connectivity index (χ1) is 9.15. The van der Waals surface area contributed by atoms with Crippen LogP contribution in [-0.2, 0) is 0 Å². The predicted octanol–water partition coefficient (Wildman–Crippen LogP) is 3.85. The first-order valence-corrected chi connectivity index (χ1v) is 7.24. The van der Waals surface area contributed by atoms with Crippen molar-refractivity contribution < 1.29 is 9.90 Å². The van der Waals surface area contributed by atoms with Gasteiger partial charge in [0.2, 0.25) is 0 Å². The molecule has 1 aliphatic rings. The Hall–Kier alpha value is -1.51. The van der Waals surface area contributed by atoms with E-state index < -0.39 is 5.97 Å². The Morgan fingerprint density at radius 1 is 1.37 bits per heavy atom. The highest BCUT2D eigenvalue weighted by Crippen LogP contribution is 2.31. The number of carboxylic acid groups (broad SMARTS) is 1. The molecule has 1 aromatic carbocycles. The lowest BCUT2D eigenvalue weighted by Crippen LogP contribution is -2.36. The highest BCUT2D eigenvalue weighted by molar-refractivity contribution is 5.95. The number of para-hydroxylation sites is 1. The quantitative estimate of drug-likeness (QED) is 0.898. The number of rotatable bonds is 3. The number of hydrogen-bond donors (Lipinski definition) is 1. The van der Waals surface area contributed by atoms with E-state index in [0.29, 0.717) is 11.6 Å². The summed E-state index contributed by atoms with van der Waals surface area (Å²) in [4.78, 5) is 13.8. The molecule has 2 rings (SSSR count). The van der Waals surface area contributed by atoms with Gasteiger partial charge in [-0.25, -0.2) is 4.79 Å². The van der Waals surface area contributed by atoms with E-state index in [4.69, 9.17) is 0 Å². The fourth-order valence-electron chi connectivity index (χ4n) is 3.11. The Labute approximate surface area is 115 Å². The van der Waals surface area contributed by atoms with Gasteiger partial charge in [0.15, 0.2) is 0 Å². The van der Waals surface area contributed by atoms with Crippen LogP contribution in [0.4, 0.5) is 5.69 Å². The van der Waals surface area contributed by atoms with Crippen molar-refractivity contribution in [3.05, 3.63) is 29.3 Å². The molecule has 1 aliphatic heterocycles. The number of nitrogens with zero attached hydrogens (tertiary/aromatic N) is 1. The molecule has 1 saturated heterocycles. The molecule has 1 N–H and O–H groups in total. The Kier molecular flexibility index (Phi) is 4.46. The summed E-state index contributed by atoms with van der Waals surface area (Å²) >= 11 is 0. The van der Waals surface area contributed by atoms with Crippen LogP contribution in [0.25, 0.3) is 0 Å². The topological polar surface area (TPSA) is 40.5 Å². The second-order valence-corrected chi connectivity index (χ2v) is 5.38. The van der Waals surface area contributed by atoms with E-state index >= 15 is 0 Å². The SMILES string of the molecule is CCC1CCCCCN1c1c(C)cccc1C(=O)O. The predicted molar refractivity (Wildman–Crippen MR) is 78.0 cm³/mol. The maximum atomic E-state index is 11.5. The highest BCUT2D eigenvalue weighted by atomic mass is 16.4. The van der Waals surface area contributed by atoms with Crippen LogP contribution in [0.15, 0.2) is 18.2 Å². The van der Waals surface area contributed by atoms with Gasteiger partial charge in [0.25, 0.3) is 0 Å². The summed E-state index contributed by atoms with van der Waals surface area (Å²) in [5.74, 6) is -0.821. The zero-order chi connectivity index (χ0) is 13.8. The van der Waals surface area contributed by atoms with E-state index in [-0.39, 0.29) is 0 Å². The zero-order valence-corrected chi connectivity index (χ0v) is 11.9. The normalized spacial score (nSPS) is 20.1. The first kappa shape index (κ1) is 13.9. The van der Waals surface area contributed by atoms with Gasteiger partial charge in [0.1, 0.15) is 0 Å². The van der Waals surface area contributed by atoms with E-state index in [1.54, 1.807) is 6.07 Å². The van der Waals surface area contributed by atoms with Gasteiger partial charge in [0.05, 0.1) is 11.3 Å². The summed E-state index contributed by atoms with van der Waals surface area (Å²) in [5.41, 5.74) is 2.45. The Balaban J connectivity index is 2.45. The molecule has 0 amide bonds. The van der Waals surface area contributed by atoms with Gasteiger partial charge in [-0.2, -0.15) is 0 Å². The van der Waals surface area contributed by atoms with Crippen molar-refractivity contribution in [3.63, 3.8) is 0 Å². The molecule has 1 aromatic rings. The number of carboxylic acids is 1. The third-order valence-corrected chi connectivity index (χ3v) is 4.10. The molecule has 0 bridgehead atoms. The molecule has 104 valence electrons. The van der Waals surface area contributed by atoms with Gasteiger partial charge in [-0.15, -0.1) is 0 Å². The van der Waals surface area contributed by atoms with Gasteiger partial charge in [-0.05, 0) is 37.8 Å². The summed E-state index contributed by atoms with van der Waals surface area (Å²) in [6.07, 6.45) is 5.91. The second-order valence-electron chi connectivity index (χ2n) is 5.38. The number of benzene rings is 1. The molecule has 1 unspecified atom stereocenters. The summed E-state index contributed by atoms with van der Waals surface area (Å²) in [5, 5.41) is 9.42. The molecule has 0 aliphatic carbocycles. The average Bonchev–Trinajstić information content (AvgIpc) is 2.63. The van der Waals surface area contributed by atoms with E-state index in [2.05, 4.69) is 11.8 Å². The standard InChI is InChI=1S/C16H23NO2/c1-3-13-9-5-4-6-11-17(13)15-12(2)8-7-10-14(15)16(18)19/h7-8,10,13H,3-6,9,11H2,1-2H3,(H,18,19). The number of aromatic carboxylic acids is 1. The number of aryl methyl sites for hydroxylation is 1. The van der Waals surface area contributed by atoms with Crippen molar-refractivity contribution in [2.24, 2.45) is 0 Å². The second kappa shape index (κ2) is 6.09. The van der Waals surface area contributed by atoms with Gasteiger partial charge in [0, 0.05) is 12.6 Å². The van der Waals surface area contributed by atoms with Crippen molar-refractivity contribution >= 4 is 11.7 Å². The van der Waals surface area contributed by atoms with Crippen LogP contribution in [0.5, 0.6) is 0 Å². The molecular weight excluding hydrogens is 238 g/mol. The van der Waals surface area contributed by atoms with E-state index in [9.17, 15) is 9.90 Å². The molecule has 19 heavy (non-hydrogen) atoms. The van der Waals surface area contributed by atoms with Crippen molar-refractivity contribution in [2.45, 2.75) is 52.0 Å². The van der Waals surface area contributed by atoms with Crippen LogP contribution in [0.1, 0.15) is 54.9 Å². The van der Waals surface area contributed by atoms with Crippen molar-refractivity contribution in [1.29, 1.82) is 0 Å². The lowest BCUT2D eigenvalue weighted by atomic mass is 10.0. The van der Waals surface area contributed by atoms with Gasteiger partial charge >= 0.3 is 5.97 Å². The smallest absolute Gasteiger partial charge is 0.337 e. The molecule has 1 heterocycles. The fourth-order valence-corrected chi connectivity index (χ4v) is 3.11. The molecule has 1 fully saturated rings. The average molecular weight is 261 g/mol. The number of hydrogen-bond acceptors (Lipinski definition) is 2. The Bertz CT molecular complexity index is 456. The van der Waals surface area contributed by atoms with Crippen LogP contribution < -0.4 is 4.90 Å². The minimum absolute atomic E-state index is 0.445. The van der Waals surface area contributed by atoms with Crippen LogP contribution in [0, 0.1) is 6.92 Å². The highest BCUT2D eigenvalue weighted by Gasteiger charge is 2.25. The van der Waals surface area contributed by atoms with Crippen LogP contribution in [0.3, 0.4) is 0 Å². The maximum Gasteiger partial charge on any atom is 0.337 e. The van der Waals surface area contributed by atoms with Crippen molar-refractivity contribution in [3.8, 4) is 0 Å². The summed E-state index contributed by atoms with van der Waals surface area (Å²) in [6, 6.07) is 6.05. The van der Waals surface area contributed by atoms with Gasteiger partial charge in [-0.1, -0.05) is 31.9 Å². The molecule has 3 heteroatoms. The zero-order valence-electron chi connectivity index (χ0n) is 11.9. The maximum absolute atomic E-state index is 11.5. The first-order valence-electron chi connectivity index (χ1n) is 7.24. The molecule has 3 nitrogen and oxygen atoms in total. The third-order valence-electron chi connectivity index (χ3n) is 4.10. The summed E-state index contributed by atoms with van der Waals surface area (Å²) in [6.45, 7) is 5.19. The van der Waals surface area contributed by atoms with E-state index in [1.165, 1.54) is 19.3 Å². The Morgan fingerprint density at radius 3 is 2.84 bits per heavy atom. The minimum atomic E-state index is -0.821. The number of anilines is 1. The van der Waals surface area contributed by atoms with Crippen molar-refractivity contribution in [1.82, 2.24) is 0 Å². The fraction of sp³-hybridized carbons (Fsp3) is 0.562. The summed E-state index contributed by atoms with van der Waals surface area (Å²) < 4.78 is 0. The van der Waals surface area contributed by atoms with E-state index in [0.717, 1.165) is 30.6 Å². The van der Waals surface area contributed by atoms with Crippen LogP contribution >= 0.6 is 0 Å². The monoisotopic (exact) mass is 261 g/mol. The van der Waals surface area contributed by atoms with Crippen molar-refractivity contribution in [2.75, 3.05) is 11.4 Å². The lowest BCUT2D eigenvalue weighted by molar-refractivity contribution is 0.0697. The minimum Gasteiger partial charge on any atom is -0.478 e.